The van der Waals surface area contributed by atoms with Crippen LogP contribution in [-0.4, -0.2) is 31.7 Å². The number of nitrogens with zero attached hydrogens (tertiary/aromatic N) is 1. The van der Waals surface area contributed by atoms with Gasteiger partial charge in [0.15, 0.2) is 15.5 Å². The number of aromatic nitrogens is 1. The molecule has 0 aromatic carbocycles. The third kappa shape index (κ3) is 3.26. The van der Waals surface area contributed by atoms with Gasteiger partial charge in [-0.05, 0) is 28.9 Å². The Kier molecular flexibility index (Phi) is 4.64. The zero-order valence-electron chi connectivity index (χ0n) is 9.44. The van der Waals surface area contributed by atoms with E-state index in [1.165, 1.54) is 19.2 Å². The molecule has 1 rings (SSSR count). The number of hydrogen-bond donors (Lipinski definition) is 0. The Bertz CT molecular complexity index is 527. The molecule has 1 aromatic heterocycles. The van der Waals surface area contributed by atoms with Gasteiger partial charge in [0.05, 0.1) is 12.4 Å². The van der Waals surface area contributed by atoms with Gasteiger partial charge in [-0.3, -0.25) is 0 Å². The molecule has 0 aliphatic rings. The summed E-state index contributed by atoms with van der Waals surface area (Å²) in [6.45, 7) is 3.32. The molecule has 0 aliphatic heterocycles. The molecule has 1 aromatic rings. The van der Waals surface area contributed by atoms with Crippen molar-refractivity contribution in [2.24, 2.45) is 0 Å². The predicted molar refractivity (Wildman–Crippen MR) is 65.6 cm³/mol. The Hall–Kier alpha value is -0.950. The molecular weight excluding hydrogens is 310 g/mol. The number of pyridine rings is 1. The van der Waals surface area contributed by atoms with Gasteiger partial charge in [0.1, 0.15) is 4.90 Å². The fourth-order valence-corrected chi connectivity index (χ4v) is 2.70. The first-order valence-electron chi connectivity index (χ1n) is 4.97. The zero-order valence-corrected chi connectivity index (χ0v) is 11.8. The molecule has 0 fully saturated rings. The Morgan fingerprint density at radius 2 is 2.12 bits per heavy atom. The zero-order chi connectivity index (χ0) is 13.1. The lowest BCUT2D eigenvalue weighted by Gasteiger charge is -2.08. The van der Waals surface area contributed by atoms with Gasteiger partial charge in [0.25, 0.3) is 0 Å². The van der Waals surface area contributed by atoms with Crippen molar-refractivity contribution in [2.45, 2.75) is 18.7 Å². The van der Waals surface area contributed by atoms with Gasteiger partial charge >= 0.3 is 5.97 Å². The van der Waals surface area contributed by atoms with Crippen LogP contribution in [0.25, 0.3) is 0 Å². The van der Waals surface area contributed by atoms with Gasteiger partial charge in [-0.15, -0.1) is 0 Å². The molecule has 0 bridgehead atoms. The van der Waals surface area contributed by atoms with Gasteiger partial charge < -0.3 is 4.74 Å². The molecule has 0 saturated heterocycles. The minimum Gasteiger partial charge on any atom is -0.461 e. The number of carbonyl (C=O) groups is 1. The van der Waals surface area contributed by atoms with E-state index >= 15 is 0 Å². The molecule has 0 N–H and O–H groups in total. The molecular formula is C10H12BrNO4S. The van der Waals surface area contributed by atoms with E-state index in [4.69, 9.17) is 4.74 Å². The monoisotopic (exact) mass is 321 g/mol. The van der Waals surface area contributed by atoms with Crippen molar-refractivity contribution in [2.75, 3.05) is 12.4 Å². The molecule has 0 atom stereocenters. The number of sulfone groups is 1. The van der Waals surface area contributed by atoms with Gasteiger partial charge in [-0.1, -0.05) is 6.92 Å². The van der Waals surface area contributed by atoms with Crippen molar-refractivity contribution in [1.29, 1.82) is 0 Å². The van der Waals surface area contributed by atoms with Crippen LogP contribution in [0.3, 0.4) is 0 Å². The van der Waals surface area contributed by atoms with Crippen molar-refractivity contribution in [3.63, 3.8) is 0 Å². The Morgan fingerprint density at radius 1 is 1.47 bits per heavy atom. The molecule has 7 heteroatoms. The molecule has 0 unspecified atom stereocenters. The highest BCUT2D eigenvalue weighted by Crippen LogP contribution is 2.20. The topological polar surface area (TPSA) is 73.3 Å². The normalized spacial score (nSPS) is 11.2. The fourth-order valence-electron chi connectivity index (χ4n) is 1.17. The van der Waals surface area contributed by atoms with Crippen molar-refractivity contribution in [1.82, 2.24) is 4.98 Å². The summed E-state index contributed by atoms with van der Waals surface area (Å²) in [7, 11) is -3.51. The summed E-state index contributed by atoms with van der Waals surface area (Å²) in [4.78, 5) is 15.3. The molecule has 94 valence electrons. The lowest BCUT2D eigenvalue weighted by atomic mass is 10.3. The van der Waals surface area contributed by atoms with E-state index in [9.17, 15) is 13.2 Å². The largest absolute Gasteiger partial charge is 0.461 e. The number of halogens is 1. The summed E-state index contributed by atoms with van der Waals surface area (Å²) in [5.41, 5.74) is -0.170. The first kappa shape index (κ1) is 14.1. The maximum atomic E-state index is 11.8. The van der Waals surface area contributed by atoms with E-state index in [1.54, 1.807) is 6.92 Å². The summed E-state index contributed by atoms with van der Waals surface area (Å²) in [6.07, 6.45) is 1.36. The highest BCUT2D eigenvalue weighted by Gasteiger charge is 2.23. The average Bonchev–Trinajstić information content (AvgIpc) is 2.29. The van der Waals surface area contributed by atoms with Crippen molar-refractivity contribution < 1.29 is 17.9 Å². The summed E-state index contributed by atoms with van der Waals surface area (Å²) < 4.78 is 28.9. The maximum Gasteiger partial charge on any atom is 0.358 e. The highest BCUT2D eigenvalue weighted by molar-refractivity contribution is 9.10. The summed E-state index contributed by atoms with van der Waals surface area (Å²) in [6, 6.07) is 1.36. The predicted octanol–water partition coefficient (Wildman–Crippen LogP) is 1.81. The lowest BCUT2D eigenvalue weighted by molar-refractivity contribution is 0.0514. The number of esters is 1. The summed E-state index contributed by atoms with van der Waals surface area (Å²) in [5.74, 6) is -0.829. The van der Waals surface area contributed by atoms with E-state index in [2.05, 4.69) is 20.9 Å². The first-order chi connectivity index (χ1) is 7.92. The minimum atomic E-state index is -3.51. The SMILES string of the molecule is CCOC(=O)c1ncc(Br)cc1S(=O)(=O)CC. The molecule has 0 aliphatic carbocycles. The van der Waals surface area contributed by atoms with Gasteiger partial charge in [0, 0.05) is 10.7 Å². The number of hydrogen-bond acceptors (Lipinski definition) is 5. The van der Waals surface area contributed by atoms with Crippen LogP contribution in [0.15, 0.2) is 21.6 Å². The van der Waals surface area contributed by atoms with E-state index in [0.29, 0.717) is 4.47 Å². The smallest absolute Gasteiger partial charge is 0.358 e. The van der Waals surface area contributed by atoms with Crippen molar-refractivity contribution in [3.8, 4) is 0 Å². The lowest BCUT2D eigenvalue weighted by Crippen LogP contribution is -2.15. The molecule has 0 radical (unpaired) electrons. The second-order valence-corrected chi connectivity index (χ2v) is 6.29. The van der Waals surface area contributed by atoms with E-state index in [-0.39, 0.29) is 22.9 Å². The minimum absolute atomic E-state index is 0.0997. The molecule has 0 spiro atoms. The number of ether oxygens (including phenoxy) is 1. The van der Waals surface area contributed by atoms with Crippen LogP contribution in [0.1, 0.15) is 24.3 Å². The standard InChI is InChI=1S/C10H12BrNO4S/c1-3-16-10(13)9-8(17(14,15)4-2)5-7(11)6-12-9/h5-6H,3-4H2,1-2H3. The van der Waals surface area contributed by atoms with E-state index < -0.39 is 15.8 Å². The first-order valence-corrected chi connectivity index (χ1v) is 7.42. The van der Waals surface area contributed by atoms with Crippen LogP contribution in [0.4, 0.5) is 0 Å². The van der Waals surface area contributed by atoms with Crippen molar-refractivity contribution in [3.05, 3.63) is 22.4 Å². The van der Waals surface area contributed by atoms with Crippen LogP contribution in [0.2, 0.25) is 0 Å². The third-order valence-corrected chi connectivity index (χ3v) is 4.18. The van der Waals surface area contributed by atoms with Crippen LogP contribution in [-0.2, 0) is 14.6 Å². The second-order valence-electron chi connectivity index (χ2n) is 3.12. The van der Waals surface area contributed by atoms with Gasteiger partial charge in [0.2, 0.25) is 0 Å². The molecule has 5 nitrogen and oxygen atoms in total. The molecule has 17 heavy (non-hydrogen) atoms. The molecule has 0 amide bonds. The summed E-state index contributed by atoms with van der Waals surface area (Å²) in [5, 5.41) is 0. The van der Waals surface area contributed by atoms with Crippen LogP contribution in [0, 0.1) is 0 Å². The quantitative estimate of drug-likeness (QED) is 0.791. The Labute approximate surface area is 108 Å². The Balaban J connectivity index is 3.37. The highest BCUT2D eigenvalue weighted by atomic mass is 79.9. The van der Waals surface area contributed by atoms with Gasteiger partial charge in [-0.2, -0.15) is 0 Å². The fraction of sp³-hybridized carbons (Fsp3) is 0.400. The number of rotatable bonds is 4. The Morgan fingerprint density at radius 3 is 2.65 bits per heavy atom. The van der Waals surface area contributed by atoms with Gasteiger partial charge in [-0.25, -0.2) is 18.2 Å². The summed E-state index contributed by atoms with van der Waals surface area (Å²) >= 11 is 3.13. The van der Waals surface area contributed by atoms with Crippen LogP contribution in [0.5, 0.6) is 0 Å². The van der Waals surface area contributed by atoms with Crippen LogP contribution >= 0.6 is 15.9 Å². The third-order valence-electron chi connectivity index (χ3n) is 2.00. The van der Waals surface area contributed by atoms with E-state index in [0.717, 1.165) is 0 Å². The average molecular weight is 322 g/mol. The molecule has 1 heterocycles. The number of carbonyl (C=O) groups excluding carboxylic acids is 1. The maximum absolute atomic E-state index is 11.8. The second kappa shape index (κ2) is 5.59. The van der Waals surface area contributed by atoms with Crippen LogP contribution < -0.4 is 0 Å². The van der Waals surface area contributed by atoms with Crippen molar-refractivity contribution >= 4 is 31.7 Å². The van der Waals surface area contributed by atoms with E-state index in [1.807, 2.05) is 0 Å². The molecule has 0 saturated carbocycles.